The highest BCUT2D eigenvalue weighted by atomic mass is 16.3. The van der Waals surface area contributed by atoms with E-state index in [1.807, 2.05) is 6.07 Å². The Kier molecular flexibility index (Phi) is 7.19. The minimum atomic E-state index is -0.122. The van der Waals surface area contributed by atoms with Gasteiger partial charge in [-0.15, -0.1) is 0 Å². The number of benzene rings is 8. The van der Waals surface area contributed by atoms with E-state index < -0.39 is 0 Å². The van der Waals surface area contributed by atoms with Crippen molar-refractivity contribution in [3.8, 4) is 44.5 Å². The number of rotatable bonds is 6. The molecule has 0 amide bonds. The van der Waals surface area contributed by atoms with Gasteiger partial charge in [-0.25, -0.2) is 0 Å². The van der Waals surface area contributed by atoms with Gasteiger partial charge in [0.05, 0.1) is 0 Å². The van der Waals surface area contributed by atoms with Crippen molar-refractivity contribution in [2.45, 2.75) is 19.3 Å². The van der Waals surface area contributed by atoms with Crippen LogP contribution in [0.15, 0.2) is 192 Å². The smallest absolute Gasteiger partial charge is 0.143 e. The predicted octanol–water partition coefficient (Wildman–Crippen LogP) is 14.4. The molecule has 0 N–H and O–H groups in total. The number of furan rings is 1. The Morgan fingerprint density at radius 2 is 0.925 bits per heavy atom. The summed E-state index contributed by atoms with van der Waals surface area (Å²) in [6.07, 6.45) is 0. The van der Waals surface area contributed by atoms with E-state index in [9.17, 15) is 0 Å². The molecule has 53 heavy (non-hydrogen) atoms. The Morgan fingerprint density at radius 1 is 0.377 bits per heavy atom. The number of nitrogens with zero attached hydrogens (tertiary/aromatic N) is 1. The Balaban J connectivity index is 1.15. The highest BCUT2D eigenvalue weighted by Crippen LogP contribution is 2.51. The number of fused-ring (bicyclic) bond motifs is 6. The molecular weight excluding hydrogens is 643 g/mol. The maximum absolute atomic E-state index is 6.59. The topological polar surface area (TPSA) is 16.4 Å². The second kappa shape index (κ2) is 12.3. The summed E-state index contributed by atoms with van der Waals surface area (Å²) in [6.45, 7) is 4.70. The van der Waals surface area contributed by atoms with Crippen LogP contribution >= 0.6 is 0 Å². The molecular formula is C51H37NO. The molecule has 1 aliphatic rings. The molecule has 1 aliphatic carbocycles. The molecule has 0 spiro atoms. The Morgan fingerprint density at radius 3 is 1.64 bits per heavy atom. The summed E-state index contributed by atoms with van der Waals surface area (Å²) in [5, 5.41) is 2.22. The maximum Gasteiger partial charge on any atom is 0.143 e. The van der Waals surface area contributed by atoms with Gasteiger partial charge in [0.2, 0.25) is 0 Å². The number of para-hydroxylation sites is 1. The molecule has 0 fully saturated rings. The maximum atomic E-state index is 6.59. The van der Waals surface area contributed by atoms with Crippen LogP contribution in [-0.4, -0.2) is 0 Å². The molecule has 9 aromatic rings. The molecule has 10 rings (SSSR count). The quantitative estimate of drug-likeness (QED) is 0.174. The van der Waals surface area contributed by atoms with Gasteiger partial charge in [-0.05, 0) is 92.5 Å². The van der Waals surface area contributed by atoms with Gasteiger partial charge in [0.1, 0.15) is 11.2 Å². The van der Waals surface area contributed by atoms with Gasteiger partial charge in [-0.2, -0.15) is 0 Å². The Bertz CT molecular complexity index is 2780. The molecule has 0 aliphatic heterocycles. The van der Waals surface area contributed by atoms with Crippen molar-refractivity contribution in [3.63, 3.8) is 0 Å². The van der Waals surface area contributed by atoms with Gasteiger partial charge in [0, 0.05) is 38.8 Å². The molecule has 0 atom stereocenters. The van der Waals surface area contributed by atoms with Crippen LogP contribution in [0.25, 0.3) is 66.4 Å². The van der Waals surface area contributed by atoms with E-state index in [1.165, 1.54) is 44.5 Å². The molecule has 1 aromatic heterocycles. The first-order valence-electron chi connectivity index (χ1n) is 18.3. The molecule has 8 aromatic carbocycles. The lowest BCUT2D eigenvalue weighted by molar-refractivity contribution is 0.660. The second-order valence-corrected chi connectivity index (χ2v) is 14.6. The first kappa shape index (κ1) is 31.1. The summed E-state index contributed by atoms with van der Waals surface area (Å²) in [6, 6.07) is 67.8. The zero-order chi connectivity index (χ0) is 35.5. The SMILES string of the molecule is CC1(C)c2ccccc2-c2ccc(N(c3ccc(-c4ccc(-c5ccccc5)cc4)cc3)c3cc(-c4ccccc4)c4oc5ccccc5c4c3)cc21. The normalized spacial score (nSPS) is 12.9. The zero-order valence-corrected chi connectivity index (χ0v) is 29.8. The van der Waals surface area contributed by atoms with Crippen molar-refractivity contribution >= 4 is 39.0 Å². The largest absolute Gasteiger partial charge is 0.455 e. The van der Waals surface area contributed by atoms with E-state index in [0.29, 0.717) is 0 Å². The van der Waals surface area contributed by atoms with E-state index >= 15 is 0 Å². The molecule has 2 nitrogen and oxygen atoms in total. The first-order valence-corrected chi connectivity index (χ1v) is 18.3. The predicted molar refractivity (Wildman–Crippen MR) is 222 cm³/mol. The van der Waals surface area contributed by atoms with Crippen LogP contribution < -0.4 is 4.90 Å². The van der Waals surface area contributed by atoms with Gasteiger partial charge in [0.25, 0.3) is 0 Å². The van der Waals surface area contributed by atoms with Crippen LogP contribution in [0.2, 0.25) is 0 Å². The fourth-order valence-corrected chi connectivity index (χ4v) is 8.34. The third-order valence-electron chi connectivity index (χ3n) is 11.1. The lowest BCUT2D eigenvalue weighted by Gasteiger charge is -2.29. The van der Waals surface area contributed by atoms with E-state index in [-0.39, 0.29) is 5.41 Å². The molecule has 0 bridgehead atoms. The van der Waals surface area contributed by atoms with Crippen molar-refractivity contribution < 1.29 is 4.42 Å². The second-order valence-electron chi connectivity index (χ2n) is 14.6. The summed E-state index contributed by atoms with van der Waals surface area (Å²) >= 11 is 0. The Labute approximate surface area is 310 Å². The van der Waals surface area contributed by atoms with Gasteiger partial charge in [-0.1, -0.05) is 159 Å². The molecule has 0 saturated carbocycles. The molecule has 252 valence electrons. The van der Waals surface area contributed by atoms with Crippen molar-refractivity contribution in [1.29, 1.82) is 0 Å². The fourth-order valence-electron chi connectivity index (χ4n) is 8.34. The lowest BCUT2D eigenvalue weighted by atomic mass is 9.82. The monoisotopic (exact) mass is 679 g/mol. The summed E-state index contributed by atoms with van der Waals surface area (Å²) in [7, 11) is 0. The van der Waals surface area contributed by atoms with Crippen molar-refractivity contribution in [3.05, 3.63) is 199 Å². The molecule has 0 saturated heterocycles. The molecule has 2 heteroatoms. The summed E-state index contributed by atoms with van der Waals surface area (Å²) in [5.74, 6) is 0. The van der Waals surface area contributed by atoms with Crippen LogP contribution in [-0.2, 0) is 5.41 Å². The highest BCUT2D eigenvalue weighted by Gasteiger charge is 2.35. The minimum Gasteiger partial charge on any atom is -0.455 e. The summed E-state index contributed by atoms with van der Waals surface area (Å²) < 4.78 is 6.59. The first-order chi connectivity index (χ1) is 26.0. The third kappa shape index (κ3) is 5.18. The van der Waals surface area contributed by atoms with Gasteiger partial charge >= 0.3 is 0 Å². The van der Waals surface area contributed by atoms with Crippen LogP contribution in [0, 0.1) is 0 Å². The fraction of sp³-hybridized carbons (Fsp3) is 0.0588. The van der Waals surface area contributed by atoms with E-state index in [2.05, 4.69) is 201 Å². The standard InChI is InChI=1S/C51H37NO/c1-51(2)47-19-11-9-17-42(47)43-30-29-40(33-48(43)51)52(39-27-25-37(26-28-39)36-23-21-35(22-24-36)34-13-5-3-6-14-34)41-31-45(38-15-7-4-8-16-38)50-46(32-41)44-18-10-12-20-49(44)53-50/h3-33H,1-2H3. The highest BCUT2D eigenvalue weighted by molar-refractivity contribution is 6.11. The van der Waals surface area contributed by atoms with Gasteiger partial charge in [0.15, 0.2) is 0 Å². The minimum absolute atomic E-state index is 0.122. The van der Waals surface area contributed by atoms with Crippen LogP contribution in [0.1, 0.15) is 25.0 Å². The van der Waals surface area contributed by atoms with Crippen molar-refractivity contribution in [2.24, 2.45) is 0 Å². The zero-order valence-electron chi connectivity index (χ0n) is 29.8. The average molecular weight is 680 g/mol. The Hall–Kier alpha value is -6.64. The molecule has 1 heterocycles. The van der Waals surface area contributed by atoms with E-state index in [0.717, 1.165) is 50.1 Å². The molecule has 0 unspecified atom stereocenters. The summed E-state index contributed by atoms with van der Waals surface area (Å²) in [5.41, 5.74) is 17.3. The van der Waals surface area contributed by atoms with Crippen LogP contribution in [0.5, 0.6) is 0 Å². The van der Waals surface area contributed by atoms with E-state index in [1.54, 1.807) is 0 Å². The third-order valence-corrected chi connectivity index (χ3v) is 11.1. The molecule has 0 radical (unpaired) electrons. The number of hydrogen-bond acceptors (Lipinski definition) is 2. The average Bonchev–Trinajstić information content (AvgIpc) is 3.70. The number of anilines is 3. The summed E-state index contributed by atoms with van der Waals surface area (Å²) in [4.78, 5) is 2.41. The van der Waals surface area contributed by atoms with Crippen LogP contribution in [0.3, 0.4) is 0 Å². The van der Waals surface area contributed by atoms with Crippen molar-refractivity contribution in [2.75, 3.05) is 4.90 Å². The van der Waals surface area contributed by atoms with Gasteiger partial charge in [-0.3, -0.25) is 0 Å². The number of hydrogen-bond donors (Lipinski definition) is 0. The van der Waals surface area contributed by atoms with Crippen LogP contribution in [0.4, 0.5) is 17.1 Å². The van der Waals surface area contributed by atoms with Crippen molar-refractivity contribution in [1.82, 2.24) is 0 Å². The van der Waals surface area contributed by atoms with Gasteiger partial charge < -0.3 is 9.32 Å². The van der Waals surface area contributed by atoms with E-state index in [4.69, 9.17) is 4.42 Å². The lowest BCUT2D eigenvalue weighted by Crippen LogP contribution is -2.16.